The smallest absolute Gasteiger partial charge is 0.414 e. The molecule has 0 saturated carbocycles. The Balaban J connectivity index is 2.13. The second-order valence-electron chi connectivity index (χ2n) is 6.21. The van der Waals surface area contributed by atoms with Gasteiger partial charge in [0.1, 0.15) is 22.9 Å². The molecule has 0 saturated heterocycles. The number of methoxy groups -OCH3 is 1. The first-order valence-corrected chi connectivity index (χ1v) is 7.47. The van der Waals surface area contributed by atoms with E-state index in [-0.39, 0.29) is 6.54 Å². The van der Waals surface area contributed by atoms with Crippen LogP contribution >= 0.6 is 0 Å². The van der Waals surface area contributed by atoms with Crippen molar-refractivity contribution in [2.45, 2.75) is 26.4 Å². The minimum atomic E-state index is -0.600. The lowest BCUT2D eigenvalue weighted by atomic mass is 10.2. The molecule has 1 aliphatic heterocycles. The predicted octanol–water partition coefficient (Wildman–Crippen LogP) is 3.68. The lowest BCUT2D eigenvalue weighted by Crippen LogP contribution is -2.36. The Morgan fingerprint density at radius 3 is 2.38 bits per heavy atom. The first-order valence-electron chi connectivity index (χ1n) is 7.47. The molecular formula is C19H20NO4. The van der Waals surface area contributed by atoms with Crippen LogP contribution in [0.25, 0.3) is 0 Å². The molecule has 1 aliphatic rings. The third kappa shape index (κ3) is 4.82. The van der Waals surface area contributed by atoms with Gasteiger partial charge in [0.05, 0.1) is 13.7 Å². The third-order valence-electron chi connectivity index (χ3n) is 3.02. The van der Waals surface area contributed by atoms with Gasteiger partial charge in [-0.05, 0) is 57.5 Å². The van der Waals surface area contributed by atoms with E-state index in [0.717, 1.165) is 5.75 Å². The molecule has 0 aliphatic carbocycles. The van der Waals surface area contributed by atoms with Crippen molar-refractivity contribution < 1.29 is 19.0 Å². The SMILES string of the molecule is [C]#CC1=CN(C(=O)OC(C)(C)C)CC(Oc2ccc(OC)cc2)=C1. The van der Waals surface area contributed by atoms with Gasteiger partial charge in [-0.15, -0.1) is 0 Å². The second-order valence-corrected chi connectivity index (χ2v) is 6.21. The number of amides is 1. The molecule has 0 atom stereocenters. The summed E-state index contributed by atoms with van der Waals surface area (Å²) in [6, 6.07) is 7.10. The van der Waals surface area contributed by atoms with Crippen LogP contribution in [0.15, 0.2) is 47.9 Å². The predicted molar refractivity (Wildman–Crippen MR) is 89.9 cm³/mol. The zero-order valence-electron chi connectivity index (χ0n) is 14.3. The molecule has 5 nitrogen and oxygen atoms in total. The van der Waals surface area contributed by atoms with Crippen LogP contribution in [0, 0.1) is 12.3 Å². The number of rotatable bonds is 3. The molecule has 1 radical (unpaired) electrons. The molecule has 24 heavy (non-hydrogen) atoms. The Morgan fingerprint density at radius 2 is 1.83 bits per heavy atom. The fourth-order valence-electron chi connectivity index (χ4n) is 2.00. The van der Waals surface area contributed by atoms with E-state index in [1.165, 1.54) is 11.1 Å². The summed E-state index contributed by atoms with van der Waals surface area (Å²) < 4.78 is 16.2. The van der Waals surface area contributed by atoms with Crippen LogP contribution in [0.5, 0.6) is 11.5 Å². The fraction of sp³-hybridized carbons (Fsp3) is 0.316. The van der Waals surface area contributed by atoms with Gasteiger partial charge < -0.3 is 14.2 Å². The number of hydrogen-bond acceptors (Lipinski definition) is 4. The van der Waals surface area contributed by atoms with Crippen LogP contribution in [0.1, 0.15) is 20.8 Å². The van der Waals surface area contributed by atoms with Crippen LogP contribution in [0.4, 0.5) is 4.79 Å². The molecule has 0 fully saturated rings. The summed E-state index contributed by atoms with van der Waals surface area (Å²) in [5.74, 6) is 4.12. The molecule has 1 aromatic rings. The number of ether oxygens (including phenoxy) is 3. The van der Waals surface area contributed by atoms with Crippen molar-refractivity contribution in [3.05, 3.63) is 54.3 Å². The lowest BCUT2D eigenvalue weighted by Gasteiger charge is -2.27. The zero-order chi connectivity index (χ0) is 17.7. The summed E-state index contributed by atoms with van der Waals surface area (Å²) in [5.41, 5.74) is -0.173. The molecular weight excluding hydrogens is 306 g/mol. The summed E-state index contributed by atoms with van der Waals surface area (Å²) >= 11 is 0. The maximum Gasteiger partial charge on any atom is 0.414 e. The van der Waals surface area contributed by atoms with Gasteiger partial charge in [-0.3, -0.25) is 4.90 Å². The Kier molecular flexibility index (Phi) is 5.20. The van der Waals surface area contributed by atoms with Crippen molar-refractivity contribution in [3.8, 4) is 17.4 Å². The van der Waals surface area contributed by atoms with Gasteiger partial charge in [-0.2, -0.15) is 0 Å². The average Bonchev–Trinajstić information content (AvgIpc) is 2.53. The normalized spacial score (nSPS) is 14.2. The number of carbonyl (C=O) groups excluding carboxylic acids is 1. The fourth-order valence-corrected chi connectivity index (χ4v) is 2.00. The third-order valence-corrected chi connectivity index (χ3v) is 3.02. The zero-order valence-corrected chi connectivity index (χ0v) is 14.3. The summed E-state index contributed by atoms with van der Waals surface area (Å²) in [6.07, 6.45) is 10.00. The van der Waals surface area contributed by atoms with Gasteiger partial charge in [0.2, 0.25) is 0 Å². The molecule has 0 spiro atoms. The molecule has 0 unspecified atom stereocenters. The van der Waals surface area contributed by atoms with E-state index >= 15 is 0 Å². The molecule has 2 rings (SSSR count). The van der Waals surface area contributed by atoms with E-state index in [1.807, 2.05) is 0 Å². The van der Waals surface area contributed by atoms with E-state index in [9.17, 15) is 4.79 Å². The van der Waals surface area contributed by atoms with Gasteiger partial charge in [0, 0.05) is 11.8 Å². The molecule has 0 N–H and O–H groups in total. The van der Waals surface area contributed by atoms with E-state index in [1.54, 1.807) is 58.2 Å². The Bertz CT molecular complexity index is 702. The van der Waals surface area contributed by atoms with E-state index in [0.29, 0.717) is 17.1 Å². The molecule has 1 heterocycles. The standard InChI is InChI=1S/C19H20NO4/c1-6-14-11-17(23-16-9-7-15(22-5)8-10-16)13-20(12-14)18(21)24-19(2,3)4/h7-12H,13H2,2-5H3. The quantitative estimate of drug-likeness (QED) is 0.795. The van der Waals surface area contributed by atoms with Crippen molar-refractivity contribution in [3.63, 3.8) is 0 Å². The lowest BCUT2D eigenvalue weighted by molar-refractivity contribution is 0.0332. The highest BCUT2D eigenvalue weighted by atomic mass is 16.6. The molecule has 0 bridgehead atoms. The summed E-state index contributed by atoms with van der Waals surface area (Å²) in [5, 5.41) is 0. The van der Waals surface area contributed by atoms with Crippen molar-refractivity contribution in [2.24, 2.45) is 0 Å². The largest absolute Gasteiger partial charge is 0.497 e. The van der Waals surface area contributed by atoms with Gasteiger partial charge in [-0.1, -0.05) is 5.92 Å². The van der Waals surface area contributed by atoms with Crippen molar-refractivity contribution in [2.75, 3.05) is 13.7 Å². The Labute approximate surface area is 142 Å². The average molecular weight is 326 g/mol. The highest BCUT2D eigenvalue weighted by Crippen LogP contribution is 2.23. The maximum absolute atomic E-state index is 12.2. The van der Waals surface area contributed by atoms with E-state index in [4.69, 9.17) is 20.6 Å². The minimum absolute atomic E-state index is 0.214. The minimum Gasteiger partial charge on any atom is -0.497 e. The highest BCUT2D eigenvalue weighted by Gasteiger charge is 2.24. The monoisotopic (exact) mass is 326 g/mol. The number of benzene rings is 1. The Hall–Kier alpha value is -2.87. The number of carbonyl (C=O) groups is 1. The van der Waals surface area contributed by atoms with Gasteiger partial charge in [0.25, 0.3) is 0 Å². The topological polar surface area (TPSA) is 48.0 Å². The van der Waals surface area contributed by atoms with Crippen LogP contribution in [0.3, 0.4) is 0 Å². The Morgan fingerprint density at radius 1 is 1.21 bits per heavy atom. The molecule has 1 amide bonds. The molecule has 5 heteroatoms. The molecule has 125 valence electrons. The van der Waals surface area contributed by atoms with Crippen LogP contribution in [-0.4, -0.2) is 30.2 Å². The summed E-state index contributed by atoms with van der Waals surface area (Å²) in [4.78, 5) is 13.6. The van der Waals surface area contributed by atoms with Gasteiger partial charge in [0.15, 0.2) is 0 Å². The van der Waals surface area contributed by atoms with Crippen molar-refractivity contribution in [1.82, 2.24) is 4.90 Å². The first-order chi connectivity index (χ1) is 11.3. The molecule has 1 aromatic carbocycles. The van der Waals surface area contributed by atoms with Crippen LogP contribution in [-0.2, 0) is 4.74 Å². The van der Waals surface area contributed by atoms with Crippen molar-refractivity contribution in [1.29, 1.82) is 0 Å². The number of allylic oxidation sites excluding steroid dienone is 2. The first kappa shape index (κ1) is 17.5. The second kappa shape index (κ2) is 7.14. The van der Waals surface area contributed by atoms with Crippen molar-refractivity contribution >= 4 is 6.09 Å². The number of nitrogens with zero attached hydrogens (tertiary/aromatic N) is 1. The maximum atomic E-state index is 12.2. The van der Waals surface area contributed by atoms with Gasteiger partial charge >= 0.3 is 6.09 Å². The van der Waals surface area contributed by atoms with Crippen LogP contribution < -0.4 is 9.47 Å². The van der Waals surface area contributed by atoms with E-state index in [2.05, 4.69) is 5.92 Å². The number of hydrogen-bond donors (Lipinski definition) is 0. The van der Waals surface area contributed by atoms with E-state index < -0.39 is 11.7 Å². The summed E-state index contributed by atoms with van der Waals surface area (Å²) in [6.45, 7) is 5.61. The summed E-state index contributed by atoms with van der Waals surface area (Å²) in [7, 11) is 1.59. The highest BCUT2D eigenvalue weighted by molar-refractivity contribution is 5.71. The van der Waals surface area contributed by atoms with Gasteiger partial charge in [-0.25, -0.2) is 4.79 Å². The van der Waals surface area contributed by atoms with Crippen LogP contribution in [0.2, 0.25) is 0 Å². The molecule has 0 aromatic heterocycles.